The number of aryl methyl sites for hydroxylation is 1. The second-order valence-corrected chi connectivity index (χ2v) is 7.26. The van der Waals surface area contributed by atoms with E-state index < -0.39 is 11.8 Å². The molecule has 0 unspecified atom stereocenters. The Morgan fingerprint density at radius 2 is 1.75 bits per heavy atom. The van der Waals surface area contributed by atoms with Gasteiger partial charge in [-0.05, 0) is 41.5 Å². The number of fused-ring (bicyclic) bond motifs is 1. The summed E-state index contributed by atoms with van der Waals surface area (Å²) in [6, 6.07) is 13.8. The third kappa shape index (κ3) is 4.01. The molecule has 0 saturated carbocycles. The van der Waals surface area contributed by atoms with Crippen molar-refractivity contribution in [2.24, 2.45) is 7.05 Å². The van der Waals surface area contributed by atoms with Crippen LogP contribution in [-0.4, -0.2) is 26.6 Å². The molecule has 0 spiro atoms. The molecule has 162 valence electrons. The minimum Gasteiger partial charge on any atom is -0.347 e. The van der Waals surface area contributed by atoms with Crippen LogP contribution in [0.25, 0.3) is 22.0 Å². The summed E-state index contributed by atoms with van der Waals surface area (Å²) in [6.45, 7) is 0.193. The summed E-state index contributed by atoms with van der Waals surface area (Å²) >= 11 is 0. The van der Waals surface area contributed by atoms with Crippen molar-refractivity contribution < 1.29 is 19.2 Å². The molecule has 2 aromatic carbocycles. The Bertz CT molecular complexity index is 1370. The van der Waals surface area contributed by atoms with Crippen LogP contribution in [-0.2, 0) is 13.6 Å². The van der Waals surface area contributed by atoms with Crippen molar-refractivity contribution in [2.45, 2.75) is 6.54 Å². The monoisotopic (exact) mass is 434 g/mol. The summed E-state index contributed by atoms with van der Waals surface area (Å²) < 4.78 is 14.7. The molecule has 8 nitrogen and oxygen atoms in total. The smallest absolute Gasteiger partial charge is 0.274 e. The van der Waals surface area contributed by atoms with Gasteiger partial charge in [0.15, 0.2) is 0 Å². The number of amides is 2. The number of aromatic amines is 1. The Morgan fingerprint density at radius 1 is 1.06 bits per heavy atom. The third-order valence-electron chi connectivity index (χ3n) is 5.14. The fraction of sp³-hybridized carbons (Fsp3) is 0.0870. The van der Waals surface area contributed by atoms with Crippen molar-refractivity contribution in [3.05, 3.63) is 93.8 Å². The highest BCUT2D eigenvalue weighted by atomic mass is 19.1. The molecular weight excluding hydrogens is 415 g/mol. The van der Waals surface area contributed by atoms with Gasteiger partial charge in [0.1, 0.15) is 17.0 Å². The number of rotatable bonds is 5. The molecule has 4 N–H and O–H groups in total. The Labute approximate surface area is 181 Å². The first-order valence-electron chi connectivity index (χ1n) is 9.67. The van der Waals surface area contributed by atoms with Crippen LogP contribution in [0.2, 0.25) is 0 Å². The molecule has 0 aliphatic carbocycles. The lowest BCUT2D eigenvalue weighted by molar-refractivity contribution is 0.0706. The predicted octanol–water partition coefficient (Wildman–Crippen LogP) is 2.72. The quantitative estimate of drug-likeness (QED) is 0.285. The summed E-state index contributed by atoms with van der Waals surface area (Å²) in [6.07, 6.45) is 1.65. The van der Waals surface area contributed by atoms with Crippen LogP contribution in [0.3, 0.4) is 0 Å². The Morgan fingerprint density at radius 3 is 2.41 bits per heavy atom. The lowest BCUT2D eigenvalue weighted by Gasteiger charge is -2.06. The van der Waals surface area contributed by atoms with E-state index in [-0.39, 0.29) is 34.7 Å². The van der Waals surface area contributed by atoms with E-state index in [1.54, 1.807) is 49.1 Å². The summed E-state index contributed by atoms with van der Waals surface area (Å²) in [5.41, 5.74) is 4.18. The van der Waals surface area contributed by atoms with Crippen LogP contribution in [0.1, 0.15) is 26.4 Å². The zero-order valence-electron chi connectivity index (χ0n) is 17.0. The van der Waals surface area contributed by atoms with Crippen molar-refractivity contribution in [3.8, 4) is 11.1 Å². The summed E-state index contributed by atoms with van der Waals surface area (Å²) in [5.74, 6) is -1.41. The van der Waals surface area contributed by atoms with Gasteiger partial charge in [0.2, 0.25) is 0 Å². The van der Waals surface area contributed by atoms with E-state index in [0.29, 0.717) is 16.5 Å². The number of pyridine rings is 1. The van der Waals surface area contributed by atoms with Gasteiger partial charge in [-0.25, -0.2) is 9.87 Å². The number of hydrogen-bond donors (Lipinski definition) is 4. The first-order valence-corrected chi connectivity index (χ1v) is 9.67. The molecule has 0 atom stereocenters. The highest BCUT2D eigenvalue weighted by Crippen LogP contribution is 2.27. The highest BCUT2D eigenvalue weighted by molar-refractivity contribution is 6.02. The molecule has 0 aliphatic heterocycles. The minimum atomic E-state index is -0.628. The number of carbonyl (C=O) groups is 2. The summed E-state index contributed by atoms with van der Waals surface area (Å²) in [5, 5.41) is 12.0. The molecule has 0 aliphatic rings. The average Bonchev–Trinajstić information content (AvgIpc) is 3.26. The summed E-state index contributed by atoms with van der Waals surface area (Å²) in [7, 11) is 1.61. The maximum absolute atomic E-state index is 13.3. The normalized spacial score (nSPS) is 10.8. The Balaban J connectivity index is 1.60. The van der Waals surface area contributed by atoms with E-state index in [9.17, 15) is 18.8 Å². The van der Waals surface area contributed by atoms with Crippen LogP contribution < -0.4 is 16.4 Å². The average molecular weight is 434 g/mol. The van der Waals surface area contributed by atoms with Crippen molar-refractivity contribution >= 4 is 22.7 Å². The number of nitrogens with zero attached hydrogens (tertiary/aromatic N) is 1. The molecule has 2 amide bonds. The van der Waals surface area contributed by atoms with E-state index in [1.165, 1.54) is 28.8 Å². The molecule has 9 heteroatoms. The number of carbonyl (C=O) groups excluding carboxylic acids is 2. The van der Waals surface area contributed by atoms with Crippen molar-refractivity contribution in [3.63, 3.8) is 0 Å². The van der Waals surface area contributed by atoms with E-state index in [1.807, 2.05) is 0 Å². The van der Waals surface area contributed by atoms with Gasteiger partial charge in [0.05, 0.1) is 0 Å². The maximum atomic E-state index is 13.3. The van der Waals surface area contributed by atoms with Gasteiger partial charge in [-0.2, -0.15) is 0 Å². The molecule has 2 heterocycles. The van der Waals surface area contributed by atoms with E-state index in [0.717, 1.165) is 5.56 Å². The van der Waals surface area contributed by atoms with Gasteiger partial charge in [-0.3, -0.25) is 19.6 Å². The van der Waals surface area contributed by atoms with Gasteiger partial charge in [-0.15, -0.1) is 0 Å². The van der Waals surface area contributed by atoms with Crippen LogP contribution in [0.5, 0.6) is 0 Å². The molecule has 0 saturated heterocycles. The van der Waals surface area contributed by atoms with Gasteiger partial charge in [0.25, 0.3) is 17.4 Å². The van der Waals surface area contributed by atoms with Crippen molar-refractivity contribution in [1.29, 1.82) is 0 Å². The lowest BCUT2D eigenvalue weighted by Crippen LogP contribution is -2.23. The number of nitrogens with one attached hydrogen (secondary N) is 3. The van der Waals surface area contributed by atoms with Gasteiger partial charge in [-0.1, -0.05) is 24.3 Å². The van der Waals surface area contributed by atoms with Gasteiger partial charge >= 0.3 is 0 Å². The number of aromatic nitrogens is 2. The number of benzene rings is 2. The van der Waals surface area contributed by atoms with E-state index in [4.69, 9.17) is 5.21 Å². The standard InChI is InChI=1S/C23H19FN4O4/c1-28-12-18(14-6-8-16(24)9-7-14)17-10-19(26-20(17)23(28)31)22(30)25-11-13-2-4-15(5-3-13)21(29)27-32/h2-10,12,26,32H,11H2,1H3,(H,25,30)(H,27,29). The van der Waals surface area contributed by atoms with Crippen molar-refractivity contribution in [2.75, 3.05) is 0 Å². The van der Waals surface area contributed by atoms with Crippen LogP contribution in [0.4, 0.5) is 4.39 Å². The largest absolute Gasteiger partial charge is 0.347 e. The Hall–Kier alpha value is -4.24. The maximum Gasteiger partial charge on any atom is 0.274 e. The lowest BCUT2D eigenvalue weighted by atomic mass is 10.0. The van der Waals surface area contributed by atoms with E-state index in [2.05, 4.69) is 10.3 Å². The highest BCUT2D eigenvalue weighted by Gasteiger charge is 2.16. The number of H-pyrrole nitrogens is 1. The zero-order valence-corrected chi connectivity index (χ0v) is 17.0. The van der Waals surface area contributed by atoms with Gasteiger partial charge < -0.3 is 14.9 Å². The van der Waals surface area contributed by atoms with Crippen LogP contribution in [0.15, 0.2) is 65.6 Å². The first-order chi connectivity index (χ1) is 15.4. The fourth-order valence-electron chi connectivity index (χ4n) is 3.43. The van der Waals surface area contributed by atoms with Crippen LogP contribution >= 0.6 is 0 Å². The first kappa shape index (κ1) is 21.0. The second-order valence-electron chi connectivity index (χ2n) is 7.26. The van der Waals surface area contributed by atoms with Gasteiger partial charge in [0, 0.05) is 36.3 Å². The molecule has 2 aromatic heterocycles. The third-order valence-corrected chi connectivity index (χ3v) is 5.14. The van der Waals surface area contributed by atoms with Crippen LogP contribution in [0, 0.1) is 5.82 Å². The minimum absolute atomic E-state index is 0.193. The molecule has 32 heavy (non-hydrogen) atoms. The fourth-order valence-corrected chi connectivity index (χ4v) is 3.43. The molecule has 4 aromatic rings. The Kier molecular flexibility index (Phi) is 5.57. The molecule has 0 fully saturated rings. The molecule has 0 radical (unpaired) electrons. The van der Waals surface area contributed by atoms with E-state index >= 15 is 0 Å². The molecule has 4 rings (SSSR count). The number of hydroxylamine groups is 1. The van der Waals surface area contributed by atoms with Crippen molar-refractivity contribution in [1.82, 2.24) is 20.3 Å². The summed E-state index contributed by atoms with van der Waals surface area (Å²) in [4.78, 5) is 39.6. The zero-order chi connectivity index (χ0) is 22.8. The topological polar surface area (TPSA) is 116 Å². The number of halogens is 1. The second kappa shape index (κ2) is 8.48. The molecular formula is C23H19FN4O4. The predicted molar refractivity (Wildman–Crippen MR) is 116 cm³/mol. The SMILES string of the molecule is Cn1cc(-c2ccc(F)cc2)c2cc(C(=O)NCc3ccc(C(=O)NO)cc3)[nH]c2c1=O. The number of hydrogen-bond acceptors (Lipinski definition) is 4. The molecule has 0 bridgehead atoms.